The van der Waals surface area contributed by atoms with E-state index in [1.165, 1.54) is 0 Å². The van der Waals surface area contributed by atoms with Crippen LogP contribution in [0, 0.1) is 75.0 Å². The van der Waals surface area contributed by atoms with E-state index in [-0.39, 0.29) is 39.0 Å². The molecule has 0 atom stereocenters. The van der Waals surface area contributed by atoms with Gasteiger partial charge in [0.05, 0.1) is 0 Å². The Morgan fingerprint density at radius 1 is 0.542 bits per heavy atom. The van der Waals surface area contributed by atoms with Gasteiger partial charge < -0.3 is 10.8 Å². The van der Waals surface area contributed by atoms with Crippen molar-refractivity contribution in [3.63, 3.8) is 0 Å². The molecule has 24 heavy (non-hydrogen) atoms. The molecular weight excluding hydrogens is 328 g/mol. The number of rotatable bonds is 2. The third-order valence-electron chi connectivity index (χ3n) is 3.18. The molecule has 0 bridgehead atoms. The van der Waals surface area contributed by atoms with Crippen molar-refractivity contribution in [1.82, 2.24) is 0 Å². The van der Waals surface area contributed by atoms with Gasteiger partial charge in [0, 0.05) is 0 Å². The minimum Gasteiger partial charge on any atom is -0.811 e. The van der Waals surface area contributed by atoms with E-state index in [9.17, 15) is 10.8 Å². The van der Waals surface area contributed by atoms with E-state index in [0.29, 0.717) is 11.4 Å². The third kappa shape index (κ3) is 14.4. The molecule has 2 nitrogen and oxygen atoms in total. The Morgan fingerprint density at radius 3 is 0.833 bits per heavy atom. The maximum Gasteiger partial charge on any atom is 2.00 e. The Kier molecular flexibility index (Phi) is 14.5. The van der Waals surface area contributed by atoms with E-state index in [0.717, 1.165) is 0 Å². The van der Waals surface area contributed by atoms with Crippen LogP contribution >= 0.6 is 0 Å². The van der Waals surface area contributed by atoms with Crippen molar-refractivity contribution in [1.29, 1.82) is 0 Å². The van der Waals surface area contributed by atoms with Crippen molar-refractivity contribution < 1.29 is 21.7 Å². The monoisotopic (exact) mass is 358 g/mol. The molecule has 0 heterocycles. The number of hydrogen-bond acceptors (Lipinski definition) is 0. The van der Waals surface area contributed by atoms with Gasteiger partial charge in [0.2, 0.25) is 0 Å². The van der Waals surface area contributed by atoms with Crippen LogP contribution in [0.3, 0.4) is 0 Å². The Balaban J connectivity index is 0. The Hall–Kier alpha value is 0.0543. The Morgan fingerprint density at radius 2 is 0.708 bits per heavy atom. The molecule has 0 saturated heterocycles. The zero-order chi connectivity index (χ0) is 17.9. The van der Waals surface area contributed by atoms with Gasteiger partial charge >= 0.3 is 21.7 Å². The topological polar surface area (TPSA) is 44.6 Å². The SMILES string of the molecule is CC(C)(C)C(=[N-])CC(=[N-])C(C)(C)C.[CH]1[CH][CH][CH][CH]1.[CH]1[CH][CH][CH][CH]1.[Ti+2]. The van der Waals surface area contributed by atoms with Gasteiger partial charge in [0.15, 0.2) is 0 Å². The van der Waals surface area contributed by atoms with Crippen LogP contribution in [-0.4, -0.2) is 11.4 Å². The molecule has 0 aromatic rings. The van der Waals surface area contributed by atoms with Gasteiger partial charge in [-0.1, -0.05) is 48.0 Å². The summed E-state index contributed by atoms with van der Waals surface area (Å²) in [7, 11) is 0. The average molecular weight is 358 g/mol. The second-order valence-corrected chi connectivity index (χ2v) is 7.49. The number of hydrogen-bond donors (Lipinski definition) is 0. The molecule has 0 aromatic carbocycles. The summed E-state index contributed by atoms with van der Waals surface area (Å²) in [5.41, 5.74) is 0.165. The van der Waals surface area contributed by atoms with Crippen molar-refractivity contribution in [3.05, 3.63) is 75.0 Å². The van der Waals surface area contributed by atoms with Gasteiger partial charge in [-0.25, -0.2) is 0 Å². The van der Waals surface area contributed by atoms with Crippen LogP contribution in [0.25, 0.3) is 10.8 Å². The summed E-state index contributed by atoms with van der Waals surface area (Å²) in [6.07, 6.45) is 20.3. The third-order valence-corrected chi connectivity index (χ3v) is 3.18. The molecule has 3 heteroatoms. The first kappa shape index (κ1) is 26.3. The second kappa shape index (κ2) is 13.3. The molecule has 2 rings (SSSR count). The van der Waals surface area contributed by atoms with Gasteiger partial charge in [0.1, 0.15) is 0 Å². The predicted octanol–water partition coefficient (Wildman–Crippen LogP) is 5.53. The van der Waals surface area contributed by atoms with Crippen molar-refractivity contribution >= 4 is 11.4 Å². The first-order valence-corrected chi connectivity index (χ1v) is 7.99. The molecule has 0 amide bonds. The molecule has 0 unspecified atom stereocenters. The minimum absolute atomic E-state index is 0. The molecule has 2 fully saturated rings. The van der Waals surface area contributed by atoms with E-state index in [1.807, 2.05) is 106 Å². The smallest absolute Gasteiger partial charge is 0.811 e. The van der Waals surface area contributed by atoms with Gasteiger partial charge in [-0.15, -0.1) is 0 Å². The van der Waals surface area contributed by atoms with E-state index >= 15 is 0 Å². The average Bonchev–Trinajstić information content (AvgIpc) is 3.15. The summed E-state index contributed by atoms with van der Waals surface area (Å²) in [5.74, 6) is 0. The predicted molar refractivity (Wildman–Crippen MR) is 103 cm³/mol. The largest absolute Gasteiger partial charge is 2.00 e. The quantitative estimate of drug-likeness (QED) is 0.460. The molecule has 2 saturated carbocycles. The summed E-state index contributed by atoms with van der Waals surface area (Å²) >= 11 is 0. The first-order valence-electron chi connectivity index (χ1n) is 7.99. The van der Waals surface area contributed by atoms with Gasteiger partial charge in [-0.3, -0.25) is 0 Å². The van der Waals surface area contributed by atoms with E-state index in [2.05, 4.69) is 0 Å². The van der Waals surface area contributed by atoms with E-state index in [4.69, 9.17) is 0 Å². The van der Waals surface area contributed by atoms with Gasteiger partial charge in [-0.05, 0) is 75.0 Å². The molecular formula is C21H30N2Ti. The zero-order valence-corrected chi connectivity index (χ0v) is 17.4. The van der Waals surface area contributed by atoms with Crippen molar-refractivity contribution in [2.24, 2.45) is 10.8 Å². The van der Waals surface area contributed by atoms with Crippen LogP contribution in [0.2, 0.25) is 0 Å². The zero-order valence-electron chi connectivity index (χ0n) is 15.9. The molecule has 2 aliphatic rings. The molecule has 0 spiro atoms. The fourth-order valence-corrected chi connectivity index (χ4v) is 1.33. The summed E-state index contributed by atoms with van der Waals surface area (Å²) in [6, 6.07) is 0. The van der Waals surface area contributed by atoms with E-state index < -0.39 is 0 Å². The standard InChI is InChI=1S/C11H20N2.2C5H5.Ti/c1-10(2,3)8(12)7-9(13)11(4,5)6;2*1-2-4-5-3-1;/h7H2,1-6H3;2*1-5H;/q-2;;;+2. The minimum atomic E-state index is -0.251. The number of nitrogens with zero attached hydrogens (tertiary/aromatic N) is 2. The normalized spacial score (nSPS) is 16.9. The van der Waals surface area contributed by atoms with E-state index in [1.54, 1.807) is 0 Å². The summed E-state index contributed by atoms with van der Waals surface area (Å²) in [4.78, 5) is 0. The van der Waals surface area contributed by atoms with Crippen LogP contribution in [0.1, 0.15) is 48.0 Å². The molecule has 10 radical (unpaired) electrons. The van der Waals surface area contributed by atoms with Crippen molar-refractivity contribution in [2.45, 2.75) is 48.0 Å². The Bertz CT molecular complexity index is 291. The van der Waals surface area contributed by atoms with Crippen molar-refractivity contribution in [2.75, 3.05) is 0 Å². The second-order valence-electron chi connectivity index (χ2n) is 7.49. The maximum absolute atomic E-state index is 9.66. The maximum atomic E-state index is 9.66. The summed E-state index contributed by atoms with van der Waals surface area (Å²) in [6.45, 7) is 11.6. The summed E-state index contributed by atoms with van der Waals surface area (Å²) in [5, 5.41) is 19.3. The van der Waals surface area contributed by atoms with Gasteiger partial charge in [-0.2, -0.15) is 11.4 Å². The fraction of sp³-hybridized carbons (Fsp3) is 0.429. The van der Waals surface area contributed by atoms with Crippen LogP contribution in [0.5, 0.6) is 0 Å². The molecule has 128 valence electrons. The van der Waals surface area contributed by atoms with Crippen molar-refractivity contribution in [3.8, 4) is 0 Å². The van der Waals surface area contributed by atoms with Crippen LogP contribution in [-0.2, 0) is 21.7 Å². The van der Waals surface area contributed by atoms with Crippen LogP contribution in [0.4, 0.5) is 0 Å². The Labute approximate surface area is 166 Å². The van der Waals surface area contributed by atoms with Crippen LogP contribution < -0.4 is 0 Å². The molecule has 2 aliphatic carbocycles. The van der Waals surface area contributed by atoms with Gasteiger partial charge in [0.25, 0.3) is 0 Å². The summed E-state index contributed by atoms with van der Waals surface area (Å²) < 4.78 is 0. The van der Waals surface area contributed by atoms with Crippen LogP contribution in [0.15, 0.2) is 0 Å². The first-order chi connectivity index (χ1) is 10.5. The fourth-order valence-electron chi connectivity index (χ4n) is 1.33. The molecule has 0 aliphatic heterocycles. The molecule has 0 aromatic heterocycles. The molecule has 0 N–H and O–H groups in total.